The molecule has 6 nitrogen and oxygen atoms in total. The van der Waals surface area contributed by atoms with E-state index in [1.54, 1.807) is 0 Å². The summed E-state index contributed by atoms with van der Waals surface area (Å²) in [5, 5.41) is 46.9. The van der Waals surface area contributed by atoms with Crippen LogP contribution in [0.1, 0.15) is 12.8 Å². The van der Waals surface area contributed by atoms with Gasteiger partial charge in [0.25, 0.3) is 0 Å². The third-order valence-corrected chi connectivity index (χ3v) is 2.26. The van der Waals surface area contributed by atoms with Gasteiger partial charge in [-0.05, 0) is 0 Å². The molecule has 0 spiro atoms. The second-order valence-electron chi connectivity index (χ2n) is 3.35. The predicted molar refractivity (Wildman–Crippen MR) is 37.2 cm³/mol. The summed E-state index contributed by atoms with van der Waals surface area (Å²) in [5.74, 6) is -1.75. The molecule has 0 amide bonds. The number of aliphatic hydroxyl groups excluding tert-OH is 3. The molecule has 4 N–H and O–H groups in total. The Bertz CT molecular complexity index is 208. The van der Waals surface area contributed by atoms with Crippen molar-refractivity contribution >= 4 is 5.97 Å². The molecule has 0 bridgehead atoms. The summed E-state index contributed by atoms with van der Waals surface area (Å²) < 4.78 is 0. The van der Waals surface area contributed by atoms with Crippen LogP contribution in [0, 0.1) is 0 Å². The van der Waals surface area contributed by atoms with Gasteiger partial charge in [-0.15, -0.1) is 0 Å². The Morgan fingerprint density at radius 3 is 1.86 bits per heavy atom. The van der Waals surface area contributed by atoms with E-state index < -0.39 is 42.7 Å². The average Bonchev–Trinajstić information content (AvgIpc) is 2.00. The van der Waals surface area contributed by atoms with E-state index in [9.17, 15) is 15.0 Å². The molecule has 14 heavy (non-hydrogen) atoms. The number of carboxylic acids is 1. The summed E-state index contributed by atoms with van der Waals surface area (Å²) in [6, 6.07) is 0. The molecule has 0 aromatic rings. The van der Waals surface area contributed by atoms with Gasteiger partial charge in [0.05, 0.1) is 18.2 Å². The van der Waals surface area contributed by atoms with Crippen molar-refractivity contribution in [2.24, 2.45) is 0 Å². The van der Waals surface area contributed by atoms with Crippen LogP contribution in [0.3, 0.4) is 0 Å². The van der Waals surface area contributed by atoms with Crippen LogP contribution in [0.2, 0.25) is 0 Å². The molecule has 0 unspecified atom stereocenters. The zero-order valence-electron chi connectivity index (χ0n) is 7.75. The fourth-order valence-electron chi connectivity index (χ4n) is 1.44. The van der Waals surface area contributed by atoms with Crippen LogP contribution in [0.4, 0.5) is 0 Å². The Hall–Kier alpha value is 0.310. The van der Waals surface area contributed by atoms with Crippen LogP contribution < -0.4 is 34.7 Å². The third kappa shape index (κ3) is 2.66. The molecule has 0 aromatic heterocycles. The first-order valence-corrected chi connectivity index (χ1v) is 3.85. The predicted octanol–water partition coefficient (Wildman–Crippen LogP) is -6.65. The van der Waals surface area contributed by atoms with Crippen molar-refractivity contribution in [3.05, 3.63) is 0 Å². The molecule has 0 aromatic carbocycles. The number of carbonyl (C=O) groups is 1. The van der Waals surface area contributed by atoms with E-state index in [1.807, 2.05) is 0 Å². The minimum atomic E-state index is -2.25. The first-order valence-electron chi connectivity index (χ1n) is 3.85. The molecule has 0 aliphatic heterocycles. The monoisotopic (exact) mass is 214 g/mol. The second kappa shape index (κ2) is 4.89. The van der Waals surface area contributed by atoms with Crippen molar-refractivity contribution < 1.29 is 59.9 Å². The van der Waals surface area contributed by atoms with E-state index >= 15 is 0 Å². The molecule has 1 aliphatic carbocycles. The molecule has 7 heteroatoms. The van der Waals surface area contributed by atoms with E-state index in [1.165, 1.54) is 0 Å². The topological polar surface area (TPSA) is 121 Å². The minimum absolute atomic E-state index is 0. The van der Waals surface area contributed by atoms with E-state index in [4.69, 9.17) is 15.3 Å². The van der Waals surface area contributed by atoms with E-state index in [2.05, 4.69) is 0 Å². The first kappa shape index (κ1) is 14.3. The van der Waals surface area contributed by atoms with E-state index in [0.29, 0.717) is 0 Å². The van der Waals surface area contributed by atoms with Gasteiger partial charge in [0, 0.05) is 12.8 Å². The maximum Gasteiger partial charge on any atom is 1.00 e. The van der Waals surface area contributed by atoms with Crippen LogP contribution in [-0.4, -0.2) is 50.3 Å². The number of carboxylic acid groups (broad SMARTS) is 1. The molecule has 0 saturated heterocycles. The fraction of sp³-hybridized carbons (Fsp3) is 0.857. The van der Waals surface area contributed by atoms with Gasteiger partial charge in [-0.2, -0.15) is 0 Å². The minimum Gasteiger partial charge on any atom is -0.547 e. The Morgan fingerprint density at radius 1 is 1.21 bits per heavy atom. The van der Waals surface area contributed by atoms with Crippen molar-refractivity contribution in [3.8, 4) is 0 Å². The Balaban J connectivity index is 0.00000169. The summed E-state index contributed by atoms with van der Waals surface area (Å²) in [4.78, 5) is 10.4. The van der Waals surface area contributed by atoms with Gasteiger partial charge < -0.3 is 30.3 Å². The molecule has 1 fully saturated rings. The van der Waals surface area contributed by atoms with Gasteiger partial charge >= 0.3 is 29.6 Å². The molecule has 1 saturated carbocycles. The molecule has 0 heterocycles. The summed E-state index contributed by atoms with van der Waals surface area (Å²) in [7, 11) is 0. The second-order valence-corrected chi connectivity index (χ2v) is 3.35. The summed E-state index contributed by atoms with van der Waals surface area (Å²) in [5.41, 5.74) is -2.25. The van der Waals surface area contributed by atoms with Crippen LogP contribution >= 0.6 is 0 Å². The van der Waals surface area contributed by atoms with Crippen LogP contribution in [0.25, 0.3) is 0 Å². The number of aliphatic hydroxyl groups is 4. The van der Waals surface area contributed by atoms with Crippen molar-refractivity contribution in [1.82, 2.24) is 0 Å². The Labute approximate surface area is 102 Å². The zero-order chi connectivity index (χ0) is 10.2. The molecule has 76 valence electrons. The number of carbonyl (C=O) groups excluding carboxylic acids is 1. The van der Waals surface area contributed by atoms with Gasteiger partial charge in [-0.3, -0.25) is 0 Å². The van der Waals surface area contributed by atoms with E-state index in [0.717, 1.165) is 0 Å². The Morgan fingerprint density at radius 2 is 1.57 bits per heavy atom. The molecular formula is C7H11NaO6. The largest absolute Gasteiger partial charge is 1.00 e. The van der Waals surface area contributed by atoms with Gasteiger partial charge in [0.15, 0.2) is 0 Å². The van der Waals surface area contributed by atoms with Crippen molar-refractivity contribution in [2.45, 2.75) is 36.8 Å². The van der Waals surface area contributed by atoms with Gasteiger partial charge in [-0.1, -0.05) is 0 Å². The number of hydrogen-bond donors (Lipinski definition) is 4. The average molecular weight is 214 g/mol. The molecule has 1 aliphatic rings. The van der Waals surface area contributed by atoms with Crippen LogP contribution in [-0.2, 0) is 4.79 Å². The van der Waals surface area contributed by atoms with Gasteiger partial charge in [0.2, 0.25) is 0 Å². The SMILES string of the molecule is O=C([O-])C1(O)C[C@@H](O)C(O)[C@H](O)C1.[Na+]. The van der Waals surface area contributed by atoms with E-state index in [-0.39, 0.29) is 29.6 Å². The standard InChI is InChI=1S/C7H12O6.Na/c8-3-1-7(13,6(11)12)2-4(9)5(3)10;/h3-5,8-10,13H,1-2H2,(H,11,12);/q;+1/p-1/t3-,4-,5?,7?;/m1./s1. The maximum absolute atomic E-state index is 10.4. The molecular weight excluding hydrogens is 203 g/mol. The maximum atomic E-state index is 10.4. The summed E-state index contributed by atoms with van der Waals surface area (Å²) >= 11 is 0. The fourth-order valence-corrected chi connectivity index (χ4v) is 1.44. The van der Waals surface area contributed by atoms with Crippen molar-refractivity contribution in [3.63, 3.8) is 0 Å². The van der Waals surface area contributed by atoms with Crippen molar-refractivity contribution in [2.75, 3.05) is 0 Å². The number of aliphatic carboxylic acids is 1. The third-order valence-electron chi connectivity index (χ3n) is 2.26. The van der Waals surface area contributed by atoms with Gasteiger partial charge in [-0.25, -0.2) is 0 Å². The quantitative estimate of drug-likeness (QED) is 0.322. The Kier molecular flexibility index (Phi) is 5.00. The molecule has 0 radical (unpaired) electrons. The van der Waals surface area contributed by atoms with Gasteiger partial charge in [0.1, 0.15) is 11.7 Å². The summed E-state index contributed by atoms with van der Waals surface area (Å²) in [6.45, 7) is 0. The smallest absolute Gasteiger partial charge is 0.547 e. The molecule has 2 atom stereocenters. The normalized spacial score (nSPS) is 42.7. The summed E-state index contributed by atoms with van der Waals surface area (Å²) in [6.07, 6.45) is -5.39. The molecule has 1 rings (SSSR count). The zero-order valence-corrected chi connectivity index (χ0v) is 9.75. The number of rotatable bonds is 1. The van der Waals surface area contributed by atoms with Crippen molar-refractivity contribution in [1.29, 1.82) is 0 Å². The van der Waals surface area contributed by atoms with Crippen LogP contribution in [0.5, 0.6) is 0 Å². The first-order chi connectivity index (χ1) is 5.87. The van der Waals surface area contributed by atoms with Crippen LogP contribution in [0.15, 0.2) is 0 Å². The number of hydrogen-bond acceptors (Lipinski definition) is 6.